The molecule has 3 saturated carbocycles. The zero-order valence-corrected chi connectivity index (χ0v) is 18.3. The van der Waals surface area contributed by atoms with E-state index < -0.39 is 0 Å². The van der Waals surface area contributed by atoms with Crippen LogP contribution in [0.4, 0.5) is 0 Å². The van der Waals surface area contributed by atoms with Crippen LogP contribution >= 0.6 is 0 Å². The molecule has 5 aliphatic carbocycles. The van der Waals surface area contributed by atoms with Crippen molar-refractivity contribution in [2.45, 2.75) is 89.9 Å². The van der Waals surface area contributed by atoms with Crippen molar-refractivity contribution in [1.82, 2.24) is 0 Å². The van der Waals surface area contributed by atoms with Gasteiger partial charge in [-0.25, -0.2) is 0 Å². The molecule has 0 aliphatic heterocycles. The van der Waals surface area contributed by atoms with Crippen molar-refractivity contribution in [3.05, 3.63) is 47.1 Å². The summed E-state index contributed by atoms with van der Waals surface area (Å²) in [4.78, 5) is 0. The Labute approximate surface area is 175 Å². The molecule has 4 atom stereocenters. The molecule has 0 heterocycles. The van der Waals surface area contributed by atoms with Crippen molar-refractivity contribution < 1.29 is 10.2 Å². The third-order valence-electron chi connectivity index (χ3n) is 9.29. The Balaban J connectivity index is 1.51. The number of benzene rings is 1. The van der Waals surface area contributed by atoms with Gasteiger partial charge in [0.1, 0.15) is 11.5 Å². The first-order chi connectivity index (χ1) is 13.9. The molecule has 2 nitrogen and oxygen atoms in total. The molecule has 2 N–H and O–H groups in total. The monoisotopic (exact) mass is 392 g/mol. The summed E-state index contributed by atoms with van der Waals surface area (Å²) in [5.41, 5.74) is 3.97. The van der Waals surface area contributed by atoms with Crippen LogP contribution in [0, 0.1) is 16.7 Å². The Morgan fingerprint density at radius 2 is 1.83 bits per heavy atom. The summed E-state index contributed by atoms with van der Waals surface area (Å²) in [6.45, 7) is 6.87. The van der Waals surface area contributed by atoms with E-state index in [0.29, 0.717) is 16.9 Å². The van der Waals surface area contributed by atoms with E-state index >= 15 is 0 Å². The van der Waals surface area contributed by atoms with E-state index in [1.807, 2.05) is 12.1 Å². The molecule has 4 unspecified atom stereocenters. The average molecular weight is 393 g/mol. The Kier molecular flexibility index (Phi) is 4.25. The average Bonchev–Trinajstić information content (AvgIpc) is 3.00. The second kappa shape index (κ2) is 6.40. The Bertz CT molecular complexity index is 865. The van der Waals surface area contributed by atoms with Crippen LogP contribution in [0.5, 0.6) is 11.5 Å². The number of hydrogen-bond donors (Lipinski definition) is 2. The summed E-state index contributed by atoms with van der Waals surface area (Å²) >= 11 is 0. The van der Waals surface area contributed by atoms with Crippen LogP contribution in [0.15, 0.2) is 35.9 Å². The van der Waals surface area contributed by atoms with Crippen LogP contribution in [0.1, 0.15) is 95.6 Å². The minimum Gasteiger partial charge on any atom is -0.507 e. The minimum absolute atomic E-state index is 0.0203. The predicted molar refractivity (Wildman–Crippen MR) is 118 cm³/mol. The molecule has 1 spiro atoms. The number of rotatable bonds is 6. The molecule has 0 radical (unpaired) electrons. The van der Waals surface area contributed by atoms with Gasteiger partial charge < -0.3 is 10.2 Å². The number of unbranched alkanes of at least 4 members (excludes halogenated alkanes) is 2. The van der Waals surface area contributed by atoms with E-state index in [1.165, 1.54) is 44.1 Å². The Morgan fingerprint density at radius 3 is 2.45 bits per heavy atom. The molecule has 1 aromatic carbocycles. The highest BCUT2D eigenvalue weighted by Crippen LogP contribution is 2.88. The molecule has 0 amide bonds. The molecule has 3 fully saturated rings. The van der Waals surface area contributed by atoms with E-state index in [-0.39, 0.29) is 16.7 Å². The lowest BCUT2D eigenvalue weighted by Gasteiger charge is -2.51. The van der Waals surface area contributed by atoms with Gasteiger partial charge in [0.15, 0.2) is 0 Å². The fourth-order valence-corrected chi connectivity index (χ4v) is 7.42. The van der Waals surface area contributed by atoms with E-state index in [2.05, 4.69) is 39.0 Å². The number of fused-ring (bicyclic) bond motifs is 1. The first-order valence-electron chi connectivity index (χ1n) is 11.8. The van der Waals surface area contributed by atoms with Gasteiger partial charge in [-0.15, -0.1) is 0 Å². The topological polar surface area (TPSA) is 40.5 Å². The fraction of sp³-hybridized carbons (Fsp3) is 0.630. The van der Waals surface area contributed by atoms with Gasteiger partial charge >= 0.3 is 0 Å². The lowest BCUT2D eigenvalue weighted by molar-refractivity contribution is 0.0841. The zero-order chi connectivity index (χ0) is 20.4. The van der Waals surface area contributed by atoms with Gasteiger partial charge in [-0.3, -0.25) is 0 Å². The lowest BCUT2D eigenvalue weighted by Crippen LogP contribution is -2.42. The van der Waals surface area contributed by atoms with Crippen molar-refractivity contribution in [2.75, 3.05) is 0 Å². The summed E-state index contributed by atoms with van der Waals surface area (Å²) in [6.07, 6.45) is 17.7. The fourth-order valence-electron chi connectivity index (χ4n) is 7.42. The van der Waals surface area contributed by atoms with E-state index in [4.69, 9.17) is 0 Å². The minimum atomic E-state index is -0.0203. The quantitative estimate of drug-likeness (QED) is 0.400. The molecule has 2 bridgehead atoms. The summed E-state index contributed by atoms with van der Waals surface area (Å²) in [7, 11) is 0. The van der Waals surface area contributed by atoms with Gasteiger partial charge in [-0.1, -0.05) is 63.3 Å². The standard InChI is InChI=1S/C27H36O2/c1-4-5-6-7-10-26(11-8-9-12-26)19-14-22(28)24(23(29)15-19)20-13-18(2)21-16-27(20)17-25(21,27)3/h7,10,13-15,20-21,28-29H,4-6,8-9,11-12,16-17H2,1-3H3. The first kappa shape index (κ1) is 19.3. The maximum atomic E-state index is 11.1. The second-order valence-corrected chi connectivity index (χ2v) is 10.7. The molecule has 1 aromatic rings. The maximum Gasteiger partial charge on any atom is 0.123 e. The van der Waals surface area contributed by atoms with Crippen LogP contribution in [0.25, 0.3) is 0 Å². The summed E-state index contributed by atoms with van der Waals surface area (Å²) in [5, 5.41) is 22.3. The van der Waals surface area contributed by atoms with Crippen molar-refractivity contribution >= 4 is 0 Å². The number of hydrogen-bond acceptors (Lipinski definition) is 2. The summed E-state index contributed by atoms with van der Waals surface area (Å²) in [5.74, 6) is 1.48. The maximum absolute atomic E-state index is 11.1. The van der Waals surface area contributed by atoms with Gasteiger partial charge in [0, 0.05) is 16.9 Å². The lowest BCUT2D eigenvalue weighted by atomic mass is 9.53. The zero-order valence-electron chi connectivity index (χ0n) is 18.3. The second-order valence-electron chi connectivity index (χ2n) is 10.7. The molecular formula is C27H36O2. The largest absolute Gasteiger partial charge is 0.507 e. The third-order valence-corrected chi connectivity index (χ3v) is 9.29. The molecule has 5 aliphatic rings. The van der Waals surface area contributed by atoms with Gasteiger partial charge in [0.05, 0.1) is 0 Å². The van der Waals surface area contributed by atoms with Gasteiger partial charge in [-0.05, 0) is 73.5 Å². The highest BCUT2D eigenvalue weighted by atomic mass is 16.3. The van der Waals surface area contributed by atoms with Crippen LogP contribution in [-0.4, -0.2) is 10.2 Å². The molecule has 6 rings (SSSR count). The number of phenolic OH excluding ortho intramolecular Hbond substituents is 2. The Morgan fingerprint density at radius 1 is 1.14 bits per heavy atom. The van der Waals surface area contributed by atoms with Crippen molar-refractivity contribution in [2.24, 2.45) is 16.7 Å². The predicted octanol–water partition coefficient (Wildman–Crippen LogP) is 7.12. The van der Waals surface area contributed by atoms with Crippen molar-refractivity contribution in [1.29, 1.82) is 0 Å². The summed E-state index contributed by atoms with van der Waals surface area (Å²) in [6, 6.07) is 3.96. The first-order valence-corrected chi connectivity index (χ1v) is 11.8. The van der Waals surface area contributed by atoms with E-state index in [1.54, 1.807) is 0 Å². The van der Waals surface area contributed by atoms with Crippen LogP contribution in [0.2, 0.25) is 0 Å². The summed E-state index contributed by atoms with van der Waals surface area (Å²) < 4.78 is 0. The molecule has 0 aromatic heterocycles. The Hall–Kier alpha value is -1.70. The van der Waals surface area contributed by atoms with E-state index in [0.717, 1.165) is 36.3 Å². The smallest absolute Gasteiger partial charge is 0.123 e. The van der Waals surface area contributed by atoms with E-state index in [9.17, 15) is 10.2 Å². The van der Waals surface area contributed by atoms with Gasteiger partial charge in [0.2, 0.25) is 0 Å². The highest BCUT2D eigenvalue weighted by Gasteiger charge is 2.80. The molecule has 29 heavy (non-hydrogen) atoms. The van der Waals surface area contributed by atoms with Crippen LogP contribution < -0.4 is 0 Å². The van der Waals surface area contributed by atoms with Gasteiger partial charge in [0.25, 0.3) is 0 Å². The SMILES string of the molecule is CCCCC=CC1(c2cc(O)c(C3C=C(C)C4CC35CC45C)c(O)c2)CCCC1. The van der Waals surface area contributed by atoms with Crippen molar-refractivity contribution in [3.8, 4) is 11.5 Å². The normalized spacial score (nSPS) is 36.6. The molecule has 156 valence electrons. The van der Waals surface area contributed by atoms with Crippen LogP contribution in [-0.2, 0) is 5.41 Å². The van der Waals surface area contributed by atoms with Crippen molar-refractivity contribution in [3.63, 3.8) is 0 Å². The molecular weight excluding hydrogens is 356 g/mol. The number of allylic oxidation sites excluding steroid dienone is 4. The van der Waals surface area contributed by atoms with Crippen LogP contribution in [0.3, 0.4) is 0 Å². The van der Waals surface area contributed by atoms with Gasteiger partial charge in [-0.2, -0.15) is 0 Å². The number of phenols is 2. The number of aromatic hydroxyl groups is 2. The molecule has 0 saturated heterocycles. The highest BCUT2D eigenvalue weighted by molar-refractivity contribution is 5.58. The molecule has 2 heteroatoms. The third kappa shape index (κ3) is 2.53.